The number of primary amides is 1. The first-order chi connectivity index (χ1) is 20.0. The van der Waals surface area contributed by atoms with Crippen molar-refractivity contribution < 1.29 is 34.8 Å². The second kappa shape index (κ2) is 14.8. The molecule has 0 bridgehead atoms. The number of aryl methyl sites for hydroxylation is 1. The zero-order valence-electron chi connectivity index (χ0n) is 23.4. The number of aromatic nitrogens is 3. The first kappa shape index (κ1) is 31.9. The van der Waals surface area contributed by atoms with E-state index >= 15 is 0 Å². The van der Waals surface area contributed by atoms with Gasteiger partial charge in [-0.15, -0.1) is 0 Å². The standard InChI is InChI=1S/C24H29N7O.C4H6O6/c1-18-5-4-8-26-23(18)30-9-11-31(12-10-30)24-27-14-21(15-28-24)20-7-3-6-19(13-20)16-29(2)17-22(25)32;5-1(3(7)8)2(6)4(9)10/h3-8,13-15H,9-12,16-17H2,1-2H3,(H2,25,32);1-2,5-6H,(H,7,8)(H,9,10). The number of aliphatic carboxylic acids is 2. The number of benzene rings is 1. The van der Waals surface area contributed by atoms with E-state index in [-0.39, 0.29) is 12.5 Å². The highest BCUT2D eigenvalue weighted by Crippen LogP contribution is 2.23. The van der Waals surface area contributed by atoms with Crippen LogP contribution in [0.5, 0.6) is 0 Å². The number of aliphatic hydroxyl groups excluding tert-OH is 2. The van der Waals surface area contributed by atoms with Crippen molar-refractivity contribution in [3.05, 3.63) is 66.1 Å². The van der Waals surface area contributed by atoms with Gasteiger partial charge in [0.2, 0.25) is 11.9 Å². The van der Waals surface area contributed by atoms with Gasteiger partial charge in [0.15, 0.2) is 12.2 Å². The fourth-order valence-corrected chi connectivity index (χ4v) is 4.31. The maximum absolute atomic E-state index is 11.1. The molecule has 4 rings (SSSR count). The first-order valence-electron chi connectivity index (χ1n) is 13.1. The summed E-state index contributed by atoms with van der Waals surface area (Å²) in [6.45, 7) is 6.48. The molecule has 6 N–H and O–H groups in total. The van der Waals surface area contributed by atoms with Crippen molar-refractivity contribution >= 4 is 29.6 Å². The summed E-state index contributed by atoms with van der Waals surface area (Å²) in [5.74, 6) is -2.05. The van der Waals surface area contributed by atoms with Crippen LogP contribution in [0, 0.1) is 6.92 Å². The molecule has 2 unspecified atom stereocenters. The van der Waals surface area contributed by atoms with Crippen molar-refractivity contribution in [3.8, 4) is 11.1 Å². The van der Waals surface area contributed by atoms with Gasteiger partial charge in [0.1, 0.15) is 5.82 Å². The fraction of sp³-hybridized carbons (Fsp3) is 0.357. The fourth-order valence-electron chi connectivity index (χ4n) is 4.31. The van der Waals surface area contributed by atoms with Crippen molar-refractivity contribution in [3.63, 3.8) is 0 Å². The van der Waals surface area contributed by atoms with Crippen LogP contribution in [0.25, 0.3) is 11.1 Å². The average Bonchev–Trinajstić information content (AvgIpc) is 2.97. The number of amides is 1. The Bertz CT molecular complexity index is 1350. The topological polar surface area (TPSA) is 207 Å². The molecule has 0 spiro atoms. The van der Waals surface area contributed by atoms with E-state index in [9.17, 15) is 14.4 Å². The first-order valence-corrected chi connectivity index (χ1v) is 13.1. The summed E-state index contributed by atoms with van der Waals surface area (Å²) in [4.78, 5) is 50.9. The van der Waals surface area contributed by atoms with Crippen LogP contribution in [-0.4, -0.2) is 110 Å². The van der Waals surface area contributed by atoms with Crippen molar-refractivity contribution in [2.24, 2.45) is 5.73 Å². The summed E-state index contributed by atoms with van der Waals surface area (Å²) in [6.07, 6.45) is 1.07. The number of pyridine rings is 1. The molecule has 3 aromatic rings. The minimum Gasteiger partial charge on any atom is -0.479 e. The maximum Gasteiger partial charge on any atom is 0.335 e. The lowest BCUT2D eigenvalue weighted by Gasteiger charge is -2.36. The quantitative estimate of drug-likeness (QED) is 0.213. The number of carboxylic acid groups (broad SMARTS) is 2. The summed E-state index contributed by atoms with van der Waals surface area (Å²) in [5, 5.41) is 32.5. The molecule has 42 heavy (non-hydrogen) atoms. The number of hydrogen-bond acceptors (Lipinski definition) is 11. The molecular formula is C28H35N7O7. The van der Waals surface area contributed by atoms with E-state index in [4.69, 9.17) is 26.2 Å². The SMILES string of the molecule is Cc1cccnc1N1CCN(c2ncc(-c3cccc(CN(C)CC(N)=O)c3)cn2)CC1.O=C(O)C(O)C(O)C(=O)O. The van der Waals surface area contributed by atoms with Gasteiger partial charge in [-0.1, -0.05) is 24.3 Å². The maximum atomic E-state index is 11.1. The number of carboxylic acids is 2. The minimum atomic E-state index is -2.27. The molecule has 1 aliphatic rings. The minimum absolute atomic E-state index is 0.231. The average molecular weight is 582 g/mol. The third-order valence-electron chi connectivity index (χ3n) is 6.43. The van der Waals surface area contributed by atoms with E-state index in [1.165, 1.54) is 5.56 Å². The summed E-state index contributed by atoms with van der Waals surface area (Å²) in [7, 11) is 1.88. The monoisotopic (exact) mass is 581 g/mol. The smallest absolute Gasteiger partial charge is 0.335 e. The highest BCUT2D eigenvalue weighted by molar-refractivity contribution is 5.83. The van der Waals surface area contributed by atoms with Crippen LogP contribution < -0.4 is 15.5 Å². The molecule has 1 fully saturated rings. The Morgan fingerprint density at radius 3 is 2.05 bits per heavy atom. The lowest BCUT2D eigenvalue weighted by atomic mass is 10.1. The lowest BCUT2D eigenvalue weighted by molar-refractivity contribution is -0.165. The second-order valence-electron chi connectivity index (χ2n) is 9.79. The summed E-state index contributed by atoms with van der Waals surface area (Å²) < 4.78 is 0. The van der Waals surface area contributed by atoms with Gasteiger partial charge in [-0.05, 0) is 42.8 Å². The molecule has 224 valence electrons. The molecule has 3 heterocycles. The Balaban J connectivity index is 0.000000416. The summed E-state index contributed by atoms with van der Waals surface area (Å²) >= 11 is 0. The number of nitrogens with two attached hydrogens (primary N) is 1. The predicted octanol–water partition coefficient (Wildman–Crippen LogP) is -0.0319. The summed E-state index contributed by atoms with van der Waals surface area (Å²) in [6, 6.07) is 12.3. The van der Waals surface area contributed by atoms with Crippen LogP contribution in [0.3, 0.4) is 0 Å². The molecule has 2 atom stereocenters. The third-order valence-corrected chi connectivity index (χ3v) is 6.43. The number of rotatable bonds is 10. The summed E-state index contributed by atoms with van der Waals surface area (Å²) in [5.41, 5.74) is 9.61. The van der Waals surface area contributed by atoms with Gasteiger partial charge < -0.3 is 36.0 Å². The van der Waals surface area contributed by atoms with Crippen LogP contribution in [0.1, 0.15) is 11.1 Å². The Morgan fingerprint density at radius 2 is 1.50 bits per heavy atom. The molecule has 1 saturated heterocycles. The van der Waals surface area contributed by atoms with Crippen LogP contribution in [0.15, 0.2) is 55.0 Å². The van der Waals surface area contributed by atoms with E-state index in [0.717, 1.165) is 54.6 Å². The molecule has 1 aromatic carbocycles. The van der Waals surface area contributed by atoms with Crippen LogP contribution in [0.2, 0.25) is 0 Å². The van der Waals surface area contributed by atoms with Crippen LogP contribution in [0.4, 0.5) is 11.8 Å². The molecule has 0 aliphatic carbocycles. The molecule has 0 radical (unpaired) electrons. The molecular weight excluding hydrogens is 546 g/mol. The van der Waals surface area contributed by atoms with Gasteiger partial charge in [-0.3, -0.25) is 9.69 Å². The number of anilines is 2. The van der Waals surface area contributed by atoms with E-state index in [2.05, 4.69) is 43.8 Å². The van der Waals surface area contributed by atoms with Gasteiger partial charge in [0.25, 0.3) is 0 Å². The van der Waals surface area contributed by atoms with Gasteiger partial charge >= 0.3 is 11.9 Å². The van der Waals surface area contributed by atoms with Gasteiger partial charge in [0, 0.05) is 56.9 Å². The van der Waals surface area contributed by atoms with E-state index < -0.39 is 24.1 Å². The number of aliphatic hydroxyl groups is 2. The highest BCUT2D eigenvalue weighted by atomic mass is 16.4. The predicted molar refractivity (Wildman–Crippen MR) is 154 cm³/mol. The number of nitrogens with zero attached hydrogens (tertiary/aromatic N) is 6. The van der Waals surface area contributed by atoms with Gasteiger partial charge in [0.05, 0.1) is 6.54 Å². The lowest BCUT2D eigenvalue weighted by Crippen LogP contribution is -2.47. The molecule has 1 amide bonds. The number of carbonyl (C=O) groups is 3. The number of hydrogen-bond donors (Lipinski definition) is 5. The molecule has 14 nitrogen and oxygen atoms in total. The van der Waals surface area contributed by atoms with Crippen molar-refractivity contribution in [2.75, 3.05) is 49.6 Å². The molecule has 1 aliphatic heterocycles. The zero-order chi connectivity index (χ0) is 30.8. The molecule has 2 aromatic heterocycles. The Hall–Kier alpha value is -4.66. The zero-order valence-corrected chi connectivity index (χ0v) is 23.4. The van der Waals surface area contributed by atoms with Gasteiger partial charge in [-0.25, -0.2) is 24.5 Å². The van der Waals surface area contributed by atoms with E-state index in [1.807, 2.05) is 54.8 Å². The normalized spacial score (nSPS) is 14.5. The third kappa shape index (κ3) is 8.92. The van der Waals surface area contributed by atoms with Crippen molar-refractivity contribution in [1.82, 2.24) is 19.9 Å². The van der Waals surface area contributed by atoms with Crippen LogP contribution in [-0.2, 0) is 20.9 Å². The molecule has 0 saturated carbocycles. The van der Waals surface area contributed by atoms with E-state index in [1.54, 1.807) is 0 Å². The number of likely N-dealkylation sites (N-methyl/N-ethyl adjacent to an activating group) is 1. The number of carbonyl (C=O) groups excluding carboxylic acids is 1. The second-order valence-corrected chi connectivity index (χ2v) is 9.79. The van der Waals surface area contributed by atoms with Crippen molar-refractivity contribution in [1.29, 1.82) is 0 Å². The van der Waals surface area contributed by atoms with Crippen molar-refractivity contribution in [2.45, 2.75) is 25.7 Å². The van der Waals surface area contributed by atoms with Gasteiger partial charge in [-0.2, -0.15) is 0 Å². The molecule has 14 heteroatoms. The van der Waals surface area contributed by atoms with E-state index in [0.29, 0.717) is 6.54 Å². The Labute approximate surface area is 242 Å². The Kier molecular flexibility index (Phi) is 11.2. The largest absolute Gasteiger partial charge is 0.479 e. The highest BCUT2D eigenvalue weighted by Gasteiger charge is 2.29. The van der Waals surface area contributed by atoms with Crippen LogP contribution >= 0.6 is 0 Å². The Morgan fingerprint density at radius 1 is 0.905 bits per heavy atom. The number of piperazine rings is 1.